The number of nitrogens with zero attached hydrogens (tertiary/aromatic N) is 7. The maximum absolute atomic E-state index is 7.04. The Morgan fingerprint density at radius 1 is 0.344 bits per heavy atom. The van der Waals surface area contributed by atoms with Crippen molar-refractivity contribution in [2.45, 2.75) is 6.92 Å². The summed E-state index contributed by atoms with van der Waals surface area (Å²) in [5, 5.41) is 0. The van der Waals surface area contributed by atoms with Crippen LogP contribution in [-0.2, 0) is 0 Å². The number of hydrogen-bond donors (Lipinski definition) is 0. The van der Waals surface area contributed by atoms with Gasteiger partial charge in [-0.25, -0.2) is 14.5 Å². The minimum atomic E-state index is 0.666. The summed E-state index contributed by atoms with van der Waals surface area (Å²) in [6.45, 7) is 2.12. The van der Waals surface area contributed by atoms with Gasteiger partial charge in [0, 0.05) is 11.8 Å². The summed E-state index contributed by atoms with van der Waals surface area (Å²) in [6.07, 6.45) is 3.98. The van der Waals surface area contributed by atoms with Crippen LogP contribution in [0.4, 0.5) is 0 Å². The standard InChI is InChI=1S/C82H55N7O/c1-55-24-21-43-77-79(55)84-82-88(77)76-45-44-69(53-78(76)89(82)81-83-72-39-17-18-40-73(72)87(81)66-33-15-6-16-34-66)90-68-36-22-35-67(52-68)85-54-86(75-42-20-19-41-74(75)85)80-70(64-48-60(56-25-7-2-8-26-56)46-61(49-64)57-27-9-3-10-28-57)37-23-38-71(80)65-50-62(58-29-11-4-12-30-58)47-63(51-65)59-31-13-5-14-32-59/h2-53H,1H3. The molecule has 0 unspecified atom stereocenters. The maximum atomic E-state index is 7.04. The van der Waals surface area contributed by atoms with Crippen molar-refractivity contribution in [1.82, 2.24) is 28.1 Å². The number of rotatable bonds is 12. The number of para-hydroxylation sites is 7. The third kappa shape index (κ3) is 9.04. The van der Waals surface area contributed by atoms with Gasteiger partial charge in [0.2, 0.25) is 11.7 Å². The summed E-state index contributed by atoms with van der Waals surface area (Å²) in [7, 11) is 0. The van der Waals surface area contributed by atoms with Crippen LogP contribution in [0.2, 0.25) is 0 Å². The van der Waals surface area contributed by atoms with Crippen molar-refractivity contribution in [3.63, 3.8) is 0 Å². The lowest BCUT2D eigenvalue weighted by Gasteiger charge is -2.20. The molecule has 8 heteroatoms. The molecule has 0 amide bonds. The molecule has 424 valence electrons. The highest BCUT2D eigenvalue weighted by atomic mass is 16.5. The van der Waals surface area contributed by atoms with Crippen molar-refractivity contribution in [3.05, 3.63) is 327 Å². The number of ether oxygens (including phenoxy) is 1. The molecule has 0 spiro atoms. The second kappa shape index (κ2) is 21.7. The lowest BCUT2D eigenvalue weighted by atomic mass is 9.89. The second-order valence-electron chi connectivity index (χ2n) is 22.9. The molecule has 0 saturated heterocycles. The average Bonchev–Trinajstić information content (AvgIpc) is 1.61. The topological polar surface area (TPSA) is 58.1 Å². The van der Waals surface area contributed by atoms with Crippen LogP contribution >= 0.6 is 0 Å². The van der Waals surface area contributed by atoms with Gasteiger partial charge in [-0.15, -0.1) is 0 Å². The molecule has 0 aliphatic rings. The molecule has 17 rings (SSSR count). The van der Waals surface area contributed by atoms with Crippen LogP contribution in [0, 0.1) is 13.3 Å². The Kier molecular flexibility index (Phi) is 12.6. The summed E-state index contributed by atoms with van der Waals surface area (Å²) in [6, 6.07) is 112. The van der Waals surface area contributed by atoms with Gasteiger partial charge in [0.05, 0.1) is 55.5 Å². The van der Waals surface area contributed by atoms with E-state index in [-0.39, 0.29) is 0 Å². The number of aryl methyl sites for hydroxylation is 1. The predicted molar refractivity (Wildman–Crippen MR) is 365 cm³/mol. The van der Waals surface area contributed by atoms with E-state index in [4.69, 9.17) is 14.7 Å². The highest BCUT2D eigenvalue weighted by Crippen LogP contribution is 2.42. The van der Waals surface area contributed by atoms with Crippen LogP contribution < -0.4 is 9.30 Å². The highest BCUT2D eigenvalue weighted by molar-refractivity contribution is 5.95. The first-order valence-corrected chi connectivity index (χ1v) is 30.4. The summed E-state index contributed by atoms with van der Waals surface area (Å²) >= 11 is 0. The van der Waals surface area contributed by atoms with Gasteiger partial charge in [0.25, 0.3) is 6.33 Å². The Balaban J connectivity index is 0.844. The van der Waals surface area contributed by atoms with Crippen LogP contribution in [0.1, 0.15) is 5.56 Å². The number of aromatic nitrogens is 7. The smallest absolute Gasteiger partial charge is 0.269 e. The second-order valence-corrected chi connectivity index (χ2v) is 22.9. The fourth-order valence-corrected chi connectivity index (χ4v) is 13.1. The van der Waals surface area contributed by atoms with Gasteiger partial charge in [0.1, 0.15) is 11.5 Å². The van der Waals surface area contributed by atoms with Gasteiger partial charge in [-0.3, -0.25) is 18.1 Å². The summed E-state index contributed by atoms with van der Waals surface area (Å²) in [5.74, 6) is 2.82. The van der Waals surface area contributed by atoms with Gasteiger partial charge in [-0.1, -0.05) is 212 Å². The number of benzene rings is 13. The zero-order valence-electron chi connectivity index (χ0n) is 49.1. The van der Waals surface area contributed by atoms with E-state index < -0.39 is 0 Å². The van der Waals surface area contributed by atoms with E-state index >= 15 is 0 Å². The van der Waals surface area contributed by atoms with E-state index in [2.05, 4.69) is 333 Å². The van der Waals surface area contributed by atoms with Gasteiger partial charge in [-0.05, 0) is 176 Å². The lowest BCUT2D eigenvalue weighted by molar-refractivity contribution is -0.571. The van der Waals surface area contributed by atoms with Crippen molar-refractivity contribution in [3.8, 4) is 101 Å². The molecule has 0 N–H and O–H groups in total. The number of imidazole rings is 4. The third-order valence-electron chi connectivity index (χ3n) is 17.3. The Labute approximate surface area is 520 Å². The summed E-state index contributed by atoms with van der Waals surface area (Å²) < 4.78 is 18.1. The average molecular weight is 1150 g/mol. The largest absolute Gasteiger partial charge is 0.458 e. The molecule has 0 atom stereocenters. The van der Waals surface area contributed by atoms with Crippen molar-refractivity contribution < 1.29 is 9.30 Å². The Bertz CT molecular complexity index is 5310. The van der Waals surface area contributed by atoms with Crippen LogP contribution in [-0.4, -0.2) is 28.1 Å². The first kappa shape index (κ1) is 52.2. The SMILES string of the molecule is Cc1cccc2c1nc1n(-c3nc4ccccc4n3-c3ccccc3)c3cc(Oc4cccc(-n5[c-][n+](-c6c(-c7cc(-c8ccccc8)cc(-c8ccccc8)c7)cccc6-c6cc(-c7ccccc7)cc(-c7ccccc7)c6)c6ccccc65)c4)ccc3n21. The molecule has 90 heavy (non-hydrogen) atoms. The highest BCUT2D eigenvalue weighted by Gasteiger charge is 2.26. The normalized spacial score (nSPS) is 11.6. The Morgan fingerprint density at radius 3 is 1.44 bits per heavy atom. The molecule has 0 radical (unpaired) electrons. The molecular formula is C82H55N7O. The molecule has 8 nitrogen and oxygen atoms in total. The van der Waals surface area contributed by atoms with Crippen LogP contribution in [0.25, 0.3) is 140 Å². The molecule has 0 aliphatic carbocycles. The minimum Gasteiger partial charge on any atom is -0.458 e. The first-order chi connectivity index (χ1) is 44.5. The maximum Gasteiger partial charge on any atom is 0.269 e. The molecule has 0 bridgehead atoms. The predicted octanol–water partition coefficient (Wildman–Crippen LogP) is 19.9. The molecule has 17 aromatic rings. The number of fused-ring (bicyclic) bond motifs is 7. The van der Waals surface area contributed by atoms with E-state index in [1.807, 2.05) is 18.2 Å². The zero-order chi connectivity index (χ0) is 59.7. The fraction of sp³-hybridized carbons (Fsp3) is 0.0122. The molecule has 0 saturated carbocycles. The molecule has 13 aromatic carbocycles. The Morgan fingerprint density at radius 2 is 0.833 bits per heavy atom. The van der Waals surface area contributed by atoms with Crippen molar-refractivity contribution in [2.75, 3.05) is 0 Å². The van der Waals surface area contributed by atoms with Gasteiger partial charge >= 0.3 is 0 Å². The van der Waals surface area contributed by atoms with Gasteiger partial charge in [0.15, 0.2) is 0 Å². The van der Waals surface area contributed by atoms with Crippen LogP contribution in [0.3, 0.4) is 0 Å². The van der Waals surface area contributed by atoms with Crippen LogP contribution in [0.15, 0.2) is 315 Å². The van der Waals surface area contributed by atoms with E-state index in [1.165, 1.54) is 0 Å². The molecule has 4 heterocycles. The molecule has 0 fully saturated rings. The van der Waals surface area contributed by atoms with E-state index in [0.717, 1.165) is 145 Å². The van der Waals surface area contributed by atoms with Gasteiger partial charge in [-0.2, -0.15) is 0 Å². The van der Waals surface area contributed by atoms with Gasteiger partial charge < -0.3 is 4.74 Å². The van der Waals surface area contributed by atoms with Crippen LogP contribution in [0.5, 0.6) is 11.5 Å². The quantitative estimate of drug-likeness (QED) is 0.0905. The number of hydrogen-bond acceptors (Lipinski definition) is 3. The van der Waals surface area contributed by atoms with Crippen molar-refractivity contribution in [1.29, 1.82) is 0 Å². The lowest BCUT2D eigenvalue weighted by Crippen LogP contribution is -2.31. The molecule has 0 aliphatic heterocycles. The first-order valence-electron chi connectivity index (χ1n) is 30.4. The van der Waals surface area contributed by atoms with E-state index in [0.29, 0.717) is 11.5 Å². The summed E-state index contributed by atoms with van der Waals surface area (Å²) in [5.41, 5.74) is 25.1. The van der Waals surface area contributed by atoms with Crippen molar-refractivity contribution in [2.24, 2.45) is 0 Å². The van der Waals surface area contributed by atoms with E-state index in [1.54, 1.807) is 0 Å². The molecule has 4 aromatic heterocycles. The Hall–Kier alpha value is -12.1. The van der Waals surface area contributed by atoms with Crippen molar-refractivity contribution >= 4 is 49.9 Å². The third-order valence-corrected chi connectivity index (χ3v) is 17.3. The zero-order valence-corrected chi connectivity index (χ0v) is 49.1. The minimum absolute atomic E-state index is 0.666. The monoisotopic (exact) mass is 1150 g/mol. The summed E-state index contributed by atoms with van der Waals surface area (Å²) in [4.78, 5) is 10.7. The van der Waals surface area contributed by atoms with E-state index in [9.17, 15) is 0 Å². The molecular weight excluding hydrogens is 1100 g/mol. The fourth-order valence-electron chi connectivity index (χ4n) is 13.1.